The zero-order chi connectivity index (χ0) is 10.8. The minimum atomic E-state index is -2.05. The molecule has 2 atom stereocenters. The number of carbonyl (C=O) groups is 1. The molecule has 2 unspecified atom stereocenters. The lowest BCUT2D eigenvalue weighted by Gasteiger charge is -2.24. The van der Waals surface area contributed by atoms with E-state index in [9.17, 15) is 9.18 Å². The Bertz CT molecular complexity index is 324. The van der Waals surface area contributed by atoms with Crippen LogP contribution in [0.25, 0.3) is 0 Å². The van der Waals surface area contributed by atoms with Gasteiger partial charge in [0, 0.05) is 0 Å². The molecule has 1 rings (SSSR count). The van der Waals surface area contributed by atoms with E-state index in [0.29, 0.717) is 0 Å². The van der Waals surface area contributed by atoms with Gasteiger partial charge in [-0.1, -0.05) is 30.3 Å². The van der Waals surface area contributed by atoms with Gasteiger partial charge in [0.05, 0.1) is 0 Å². The fourth-order valence-electron chi connectivity index (χ4n) is 1.18. The summed E-state index contributed by atoms with van der Waals surface area (Å²) in [5.41, 5.74) is 3.48. The third kappa shape index (κ3) is 1.90. The van der Waals surface area contributed by atoms with Crippen LogP contribution in [-0.2, 0) is 10.5 Å². The fourth-order valence-corrected chi connectivity index (χ4v) is 1.18. The molecule has 0 saturated heterocycles. The van der Waals surface area contributed by atoms with Gasteiger partial charge in [0.1, 0.15) is 6.04 Å². The highest BCUT2D eigenvalue weighted by Gasteiger charge is 2.38. The Morgan fingerprint density at radius 3 is 2.43 bits per heavy atom. The number of aliphatic carboxylic acids is 1. The highest BCUT2D eigenvalue weighted by atomic mass is 19.1. The van der Waals surface area contributed by atoms with E-state index in [1.54, 1.807) is 18.2 Å². The summed E-state index contributed by atoms with van der Waals surface area (Å²) in [6.45, 7) is 1.17. The van der Waals surface area contributed by atoms with E-state index in [2.05, 4.69) is 0 Å². The van der Waals surface area contributed by atoms with Gasteiger partial charge in [0.2, 0.25) is 0 Å². The molecule has 0 spiro atoms. The van der Waals surface area contributed by atoms with Crippen molar-refractivity contribution in [1.82, 2.24) is 0 Å². The number of alkyl halides is 1. The first-order chi connectivity index (χ1) is 6.46. The molecule has 0 aliphatic carbocycles. The fraction of sp³-hybridized carbons (Fsp3) is 0.300. The predicted molar refractivity (Wildman–Crippen MR) is 50.5 cm³/mol. The van der Waals surface area contributed by atoms with Crippen LogP contribution in [0.1, 0.15) is 12.5 Å². The number of carboxylic acids is 1. The molecule has 14 heavy (non-hydrogen) atoms. The lowest BCUT2D eigenvalue weighted by Crippen LogP contribution is -2.45. The maximum Gasteiger partial charge on any atom is 0.324 e. The van der Waals surface area contributed by atoms with Gasteiger partial charge < -0.3 is 10.8 Å². The van der Waals surface area contributed by atoms with Gasteiger partial charge in [-0.2, -0.15) is 0 Å². The molecule has 1 aromatic rings. The SMILES string of the molecule is CC(F)(c1ccccc1)C(N)C(=O)O. The zero-order valence-corrected chi connectivity index (χ0v) is 7.77. The zero-order valence-electron chi connectivity index (χ0n) is 7.77. The van der Waals surface area contributed by atoms with Gasteiger partial charge >= 0.3 is 5.97 Å². The Balaban J connectivity index is 3.02. The number of nitrogens with two attached hydrogens (primary N) is 1. The van der Waals surface area contributed by atoms with Crippen molar-refractivity contribution in [2.24, 2.45) is 5.73 Å². The molecule has 0 aliphatic heterocycles. The van der Waals surface area contributed by atoms with E-state index in [4.69, 9.17) is 10.8 Å². The summed E-state index contributed by atoms with van der Waals surface area (Å²) in [7, 11) is 0. The van der Waals surface area contributed by atoms with E-state index in [1.807, 2.05) is 0 Å². The molecule has 0 aliphatic rings. The maximum absolute atomic E-state index is 14.0. The Morgan fingerprint density at radius 1 is 1.50 bits per heavy atom. The normalized spacial score (nSPS) is 17.1. The largest absolute Gasteiger partial charge is 0.480 e. The van der Waals surface area contributed by atoms with Gasteiger partial charge in [0.15, 0.2) is 5.67 Å². The molecule has 0 aromatic heterocycles. The second-order valence-corrected chi connectivity index (χ2v) is 3.26. The molecular formula is C10H12FNO2. The Labute approximate surface area is 81.4 Å². The van der Waals surface area contributed by atoms with E-state index >= 15 is 0 Å². The lowest BCUT2D eigenvalue weighted by molar-refractivity contribution is -0.142. The van der Waals surface area contributed by atoms with Crippen LogP contribution in [0.2, 0.25) is 0 Å². The van der Waals surface area contributed by atoms with Crippen molar-refractivity contribution in [3.05, 3.63) is 35.9 Å². The van der Waals surface area contributed by atoms with Gasteiger partial charge in [-0.05, 0) is 12.5 Å². The first-order valence-corrected chi connectivity index (χ1v) is 4.19. The van der Waals surface area contributed by atoms with E-state index in [0.717, 1.165) is 0 Å². The monoisotopic (exact) mass is 197 g/mol. The van der Waals surface area contributed by atoms with E-state index < -0.39 is 17.7 Å². The van der Waals surface area contributed by atoms with Gasteiger partial charge in [-0.25, -0.2) is 4.39 Å². The quantitative estimate of drug-likeness (QED) is 0.767. The summed E-state index contributed by atoms with van der Waals surface area (Å²) in [5.74, 6) is -1.35. The van der Waals surface area contributed by atoms with Crippen LogP contribution in [-0.4, -0.2) is 17.1 Å². The van der Waals surface area contributed by atoms with E-state index in [-0.39, 0.29) is 5.56 Å². The van der Waals surface area contributed by atoms with Crippen molar-refractivity contribution in [2.75, 3.05) is 0 Å². The third-order valence-corrected chi connectivity index (χ3v) is 2.19. The molecule has 0 saturated carbocycles. The van der Waals surface area contributed by atoms with Crippen LogP contribution in [0.4, 0.5) is 4.39 Å². The predicted octanol–water partition coefficient (Wildman–Crippen LogP) is 1.28. The standard InChI is InChI=1S/C10H12FNO2/c1-10(11,8(12)9(13)14)7-5-3-2-4-6-7/h2-6,8H,12H2,1H3,(H,13,14). The van der Waals surface area contributed by atoms with Crippen LogP contribution in [0.3, 0.4) is 0 Å². The van der Waals surface area contributed by atoms with Crippen LogP contribution in [0.15, 0.2) is 30.3 Å². The summed E-state index contributed by atoms with van der Waals surface area (Å²) in [6, 6.07) is 6.49. The minimum absolute atomic E-state index is 0.273. The van der Waals surface area contributed by atoms with Crippen molar-refractivity contribution in [2.45, 2.75) is 18.6 Å². The molecule has 1 aromatic carbocycles. The summed E-state index contributed by atoms with van der Waals surface area (Å²) >= 11 is 0. The number of hydrogen-bond acceptors (Lipinski definition) is 2. The van der Waals surface area contributed by atoms with Crippen molar-refractivity contribution in [3.8, 4) is 0 Å². The van der Waals surface area contributed by atoms with Crippen LogP contribution in [0.5, 0.6) is 0 Å². The molecule has 3 nitrogen and oxygen atoms in total. The van der Waals surface area contributed by atoms with Crippen LogP contribution in [0, 0.1) is 0 Å². The summed E-state index contributed by atoms with van der Waals surface area (Å²) in [5, 5.41) is 8.61. The summed E-state index contributed by atoms with van der Waals surface area (Å²) in [4.78, 5) is 10.6. The van der Waals surface area contributed by atoms with Gasteiger partial charge in [-0.3, -0.25) is 4.79 Å². The molecule has 0 amide bonds. The number of halogens is 1. The van der Waals surface area contributed by atoms with Crippen molar-refractivity contribution < 1.29 is 14.3 Å². The number of benzene rings is 1. The van der Waals surface area contributed by atoms with Crippen molar-refractivity contribution in [1.29, 1.82) is 0 Å². The van der Waals surface area contributed by atoms with Gasteiger partial charge in [-0.15, -0.1) is 0 Å². The molecule has 76 valence electrons. The molecular weight excluding hydrogens is 185 g/mol. The molecule has 0 radical (unpaired) electrons. The molecule has 3 N–H and O–H groups in total. The van der Waals surface area contributed by atoms with Crippen molar-refractivity contribution in [3.63, 3.8) is 0 Å². The number of rotatable bonds is 3. The summed E-state index contributed by atoms with van der Waals surface area (Å²) in [6.07, 6.45) is 0. The third-order valence-electron chi connectivity index (χ3n) is 2.19. The molecule has 4 heteroatoms. The second kappa shape index (κ2) is 3.75. The minimum Gasteiger partial charge on any atom is -0.480 e. The number of carboxylic acid groups (broad SMARTS) is 1. The smallest absolute Gasteiger partial charge is 0.324 e. The summed E-state index contributed by atoms with van der Waals surface area (Å²) < 4.78 is 14.0. The molecule has 0 heterocycles. The number of hydrogen-bond donors (Lipinski definition) is 2. The Morgan fingerprint density at radius 2 is 2.00 bits per heavy atom. The average molecular weight is 197 g/mol. The Hall–Kier alpha value is -1.42. The van der Waals surface area contributed by atoms with E-state index in [1.165, 1.54) is 19.1 Å². The lowest BCUT2D eigenvalue weighted by atomic mass is 9.91. The maximum atomic E-state index is 14.0. The molecule has 0 fully saturated rings. The Kier molecular flexibility index (Phi) is 2.86. The highest BCUT2D eigenvalue weighted by molar-refractivity contribution is 5.75. The van der Waals surface area contributed by atoms with Crippen LogP contribution >= 0.6 is 0 Å². The first-order valence-electron chi connectivity index (χ1n) is 4.19. The first kappa shape index (κ1) is 10.7. The highest BCUT2D eigenvalue weighted by Crippen LogP contribution is 2.28. The van der Waals surface area contributed by atoms with Crippen LogP contribution < -0.4 is 5.73 Å². The average Bonchev–Trinajstić information content (AvgIpc) is 2.18. The second-order valence-electron chi connectivity index (χ2n) is 3.26. The topological polar surface area (TPSA) is 63.3 Å². The molecule has 0 bridgehead atoms. The van der Waals surface area contributed by atoms with Crippen molar-refractivity contribution >= 4 is 5.97 Å². The van der Waals surface area contributed by atoms with Gasteiger partial charge in [0.25, 0.3) is 0 Å².